The van der Waals surface area contributed by atoms with Crippen LogP contribution in [0.3, 0.4) is 0 Å². The van der Waals surface area contributed by atoms with Crippen molar-refractivity contribution in [3.63, 3.8) is 0 Å². The number of halogens is 1. The summed E-state index contributed by atoms with van der Waals surface area (Å²) in [5.41, 5.74) is 7.83. The van der Waals surface area contributed by atoms with Crippen LogP contribution >= 0.6 is 11.6 Å². The number of nitrogens with zero attached hydrogens (tertiary/aromatic N) is 2. The molecule has 0 radical (unpaired) electrons. The number of ether oxygens (including phenoxy) is 1. The van der Waals surface area contributed by atoms with Gasteiger partial charge in [0.05, 0.1) is 11.5 Å². The van der Waals surface area contributed by atoms with E-state index in [2.05, 4.69) is 6.07 Å². The molecule has 1 unspecified atom stereocenters. The van der Waals surface area contributed by atoms with E-state index >= 15 is 0 Å². The number of nitriles is 1. The van der Waals surface area contributed by atoms with Crippen molar-refractivity contribution in [2.24, 2.45) is 12.8 Å². The minimum atomic E-state index is -0.569. The number of fused-ring (bicyclic) bond motifs is 1. The predicted molar refractivity (Wildman–Crippen MR) is 87.2 cm³/mol. The van der Waals surface area contributed by atoms with E-state index in [0.717, 1.165) is 11.3 Å². The summed E-state index contributed by atoms with van der Waals surface area (Å²) in [7, 11) is 1.69. The topological polar surface area (TPSA) is 81.0 Å². The molecule has 1 aromatic carbocycles. The van der Waals surface area contributed by atoms with Crippen LogP contribution in [0.15, 0.2) is 46.6 Å². The van der Waals surface area contributed by atoms with Crippen molar-refractivity contribution < 1.29 is 4.74 Å². The Labute approximate surface area is 138 Å². The maximum atomic E-state index is 12.7. The molecule has 0 amide bonds. The number of aromatic nitrogens is 1. The van der Waals surface area contributed by atoms with Gasteiger partial charge in [-0.25, -0.2) is 0 Å². The summed E-state index contributed by atoms with van der Waals surface area (Å²) in [4.78, 5) is 12.7. The van der Waals surface area contributed by atoms with Crippen LogP contribution in [-0.2, 0) is 7.05 Å². The lowest BCUT2D eigenvalue weighted by atomic mass is 9.84. The van der Waals surface area contributed by atoms with E-state index < -0.39 is 5.92 Å². The predicted octanol–water partition coefficient (Wildman–Crippen LogP) is 2.57. The molecule has 1 atom stereocenters. The lowest BCUT2D eigenvalue weighted by Gasteiger charge is -2.26. The molecule has 1 aliphatic rings. The summed E-state index contributed by atoms with van der Waals surface area (Å²) < 4.78 is 7.05. The van der Waals surface area contributed by atoms with E-state index in [9.17, 15) is 10.1 Å². The average Bonchev–Trinajstić information content (AvgIpc) is 2.52. The quantitative estimate of drug-likeness (QED) is 0.872. The monoisotopic (exact) mass is 327 g/mol. The van der Waals surface area contributed by atoms with Crippen molar-refractivity contribution in [3.8, 4) is 11.8 Å². The van der Waals surface area contributed by atoms with E-state index in [1.54, 1.807) is 37.4 Å². The van der Waals surface area contributed by atoms with E-state index in [0.29, 0.717) is 16.3 Å². The Morgan fingerprint density at radius 1 is 1.35 bits per heavy atom. The summed E-state index contributed by atoms with van der Waals surface area (Å²) in [5, 5.41) is 10.1. The zero-order valence-electron chi connectivity index (χ0n) is 12.6. The smallest absolute Gasteiger partial charge is 0.258 e. The van der Waals surface area contributed by atoms with Gasteiger partial charge in [-0.2, -0.15) is 5.26 Å². The van der Waals surface area contributed by atoms with Gasteiger partial charge < -0.3 is 15.0 Å². The fraction of sp³-hybridized carbons (Fsp3) is 0.176. The first-order valence-electron chi connectivity index (χ1n) is 6.97. The minimum Gasteiger partial charge on any atom is -0.440 e. The molecule has 116 valence electrons. The Bertz CT molecular complexity index is 921. The Morgan fingerprint density at radius 3 is 2.61 bits per heavy atom. The van der Waals surface area contributed by atoms with Gasteiger partial charge in [-0.1, -0.05) is 23.7 Å². The molecule has 0 saturated heterocycles. The molecule has 0 spiro atoms. The number of rotatable bonds is 1. The lowest BCUT2D eigenvalue weighted by molar-refractivity contribution is 0.389. The van der Waals surface area contributed by atoms with Crippen molar-refractivity contribution in [1.29, 1.82) is 5.26 Å². The molecule has 0 aliphatic carbocycles. The van der Waals surface area contributed by atoms with Gasteiger partial charge in [-0.05, 0) is 24.6 Å². The first kappa shape index (κ1) is 15.2. The van der Waals surface area contributed by atoms with Crippen LogP contribution < -0.4 is 16.0 Å². The maximum absolute atomic E-state index is 12.7. The third kappa shape index (κ3) is 2.37. The van der Waals surface area contributed by atoms with Gasteiger partial charge in [0.25, 0.3) is 5.56 Å². The summed E-state index contributed by atoms with van der Waals surface area (Å²) in [5.74, 6) is -0.157. The zero-order valence-corrected chi connectivity index (χ0v) is 13.4. The van der Waals surface area contributed by atoms with E-state index in [4.69, 9.17) is 22.1 Å². The largest absolute Gasteiger partial charge is 0.440 e. The van der Waals surface area contributed by atoms with Crippen LogP contribution in [0.5, 0.6) is 5.75 Å². The molecule has 2 N–H and O–H groups in total. The molecule has 5 nitrogen and oxygen atoms in total. The van der Waals surface area contributed by atoms with Gasteiger partial charge in [0, 0.05) is 23.8 Å². The summed E-state index contributed by atoms with van der Waals surface area (Å²) >= 11 is 5.93. The van der Waals surface area contributed by atoms with Crippen molar-refractivity contribution in [2.75, 3.05) is 0 Å². The van der Waals surface area contributed by atoms with Crippen LogP contribution in [0.4, 0.5) is 0 Å². The highest BCUT2D eigenvalue weighted by Gasteiger charge is 2.33. The van der Waals surface area contributed by atoms with Gasteiger partial charge in [-0.15, -0.1) is 0 Å². The van der Waals surface area contributed by atoms with Crippen molar-refractivity contribution in [3.05, 3.63) is 74.0 Å². The number of pyridine rings is 1. The first-order valence-corrected chi connectivity index (χ1v) is 7.35. The molecule has 1 aromatic heterocycles. The molecule has 2 heterocycles. The third-order valence-electron chi connectivity index (χ3n) is 4.06. The number of allylic oxidation sites excluding steroid dienone is 1. The Balaban J connectivity index is 2.33. The second-order valence-electron chi connectivity index (χ2n) is 5.40. The molecule has 6 heteroatoms. The molecule has 0 fully saturated rings. The SMILES string of the molecule is Cc1cc2c(c(=O)n1C)C(c1ccc(Cl)cc1)C(C#N)=C(N)O2. The molecular weight excluding hydrogens is 314 g/mol. The number of hydrogen-bond acceptors (Lipinski definition) is 4. The average molecular weight is 328 g/mol. The Morgan fingerprint density at radius 2 is 2.00 bits per heavy atom. The van der Waals surface area contributed by atoms with Crippen molar-refractivity contribution in [1.82, 2.24) is 4.57 Å². The van der Waals surface area contributed by atoms with Gasteiger partial charge in [0.1, 0.15) is 17.4 Å². The van der Waals surface area contributed by atoms with Crippen LogP contribution in [0.1, 0.15) is 22.7 Å². The van der Waals surface area contributed by atoms with Gasteiger partial charge in [-0.3, -0.25) is 4.79 Å². The summed E-state index contributed by atoms with van der Waals surface area (Å²) in [6.07, 6.45) is 0. The summed E-state index contributed by atoms with van der Waals surface area (Å²) in [6, 6.07) is 10.8. The number of aryl methyl sites for hydroxylation is 1. The zero-order chi connectivity index (χ0) is 16.7. The second-order valence-corrected chi connectivity index (χ2v) is 5.84. The highest BCUT2D eigenvalue weighted by Crippen LogP contribution is 2.40. The number of benzene rings is 1. The van der Waals surface area contributed by atoms with E-state index in [-0.39, 0.29) is 17.0 Å². The minimum absolute atomic E-state index is 0.0209. The highest BCUT2D eigenvalue weighted by atomic mass is 35.5. The Kier molecular flexibility index (Phi) is 3.63. The van der Waals surface area contributed by atoms with Crippen LogP contribution in [0.2, 0.25) is 5.02 Å². The van der Waals surface area contributed by atoms with Crippen LogP contribution in [-0.4, -0.2) is 4.57 Å². The maximum Gasteiger partial charge on any atom is 0.258 e. The van der Waals surface area contributed by atoms with Crippen LogP contribution in [0, 0.1) is 18.3 Å². The molecule has 0 saturated carbocycles. The van der Waals surface area contributed by atoms with Gasteiger partial charge in [0.2, 0.25) is 5.88 Å². The molecule has 1 aliphatic heterocycles. The molecule has 23 heavy (non-hydrogen) atoms. The van der Waals surface area contributed by atoms with E-state index in [1.807, 2.05) is 6.92 Å². The van der Waals surface area contributed by atoms with Gasteiger partial charge >= 0.3 is 0 Å². The number of hydrogen-bond donors (Lipinski definition) is 1. The van der Waals surface area contributed by atoms with Gasteiger partial charge in [0.15, 0.2) is 0 Å². The Hall–Kier alpha value is -2.71. The summed E-state index contributed by atoms with van der Waals surface area (Å²) in [6.45, 7) is 1.81. The highest BCUT2D eigenvalue weighted by molar-refractivity contribution is 6.30. The number of nitrogens with two attached hydrogens (primary N) is 1. The van der Waals surface area contributed by atoms with Crippen LogP contribution in [0.25, 0.3) is 0 Å². The molecule has 2 aromatic rings. The molecule has 3 rings (SSSR count). The molecular formula is C17H14ClN3O2. The third-order valence-corrected chi connectivity index (χ3v) is 4.31. The lowest BCUT2D eigenvalue weighted by Crippen LogP contribution is -2.31. The van der Waals surface area contributed by atoms with Crippen molar-refractivity contribution >= 4 is 11.6 Å². The standard InChI is InChI=1S/C17H14ClN3O2/c1-9-7-13-15(17(22)21(9)2)14(12(8-19)16(20)23-13)10-3-5-11(18)6-4-10/h3-7,14H,20H2,1-2H3. The normalized spacial score (nSPS) is 16.5. The molecule has 0 bridgehead atoms. The first-order chi connectivity index (χ1) is 10.9. The van der Waals surface area contributed by atoms with Crippen molar-refractivity contribution in [2.45, 2.75) is 12.8 Å². The fourth-order valence-corrected chi connectivity index (χ4v) is 2.85. The second kappa shape index (κ2) is 5.49. The van der Waals surface area contributed by atoms with E-state index in [1.165, 1.54) is 4.57 Å². The fourth-order valence-electron chi connectivity index (χ4n) is 2.73.